The summed E-state index contributed by atoms with van der Waals surface area (Å²) in [5.41, 5.74) is 3.78. The summed E-state index contributed by atoms with van der Waals surface area (Å²) in [7, 11) is 1.61. The van der Waals surface area contributed by atoms with Gasteiger partial charge in [0.2, 0.25) is 11.8 Å². The van der Waals surface area contributed by atoms with Crippen molar-refractivity contribution < 1.29 is 46.9 Å². The maximum Gasteiger partial charge on any atom is 0.490 e. The molecule has 1 aliphatic heterocycles. The van der Waals surface area contributed by atoms with E-state index in [1.54, 1.807) is 49.8 Å². The average molecular weight is 613 g/mol. The first-order valence-corrected chi connectivity index (χ1v) is 13.0. The van der Waals surface area contributed by atoms with Crippen LogP contribution in [-0.2, 0) is 20.8 Å². The summed E-state index contributed by atoms with van der Waals surface area (Å²) < 4.78 is 49.1. The minimum Gasteiger partial charge on any atom is -0.497 e. The van der Waals surface area contributed by atoms with Crippen molar-refractivity contribution in [1.29, 1.82) is 0 Å². The van der Waals surface area contributed by atoms with E-state index in [1.807, 2.05) is 30.3 Å². The molecule has 230 valence electrons. The standard InChI is InChI=1S/C28H26N4O5.C2HF3O2/c1-17(33)31-22-4-3-5-24(13-22)37-27-12-18(21-14-29-30-15-21)6-8-25(27)32-28(34)20-10-19-11-23(35-2)7-9-26(19)36-16-20;3-2(4,5)1(6)7/h3-9,11-15,20H,10,16H2,1-2H3,(H,29,30)(H,31,33)(H,32,34);(H,6,7). The number of hydrogen-bond donors (Lipinski definition) is 4. The van der Waals surface area contributed by atoms with Crippen LogP contribution in [0, 0.1) is 5.92 Å². The highest BCUT2D eigenvalue weighted by molar-refractivity contribution is 5.95. The van der Waals surface area contributed by atoms with Gasteiger partial charge in [-0.05, 0) is 60.0 Å². The molecule has 11 nitrogen and oxygen atoms in total. The number of carbonyl (C=O) groups is 3. The summed E-state index contributed by atoms with van der Waals surface area (Å²) >= 11 is 0. The largest absolute Gasteiger partial charge is 0.497 e. The summed E-state index contributed by atoms with van der Waals surface area (Å²) in [6.07, 6.45) is -1.07. The van der Waals surface area contributed by atoms with Crippen molar-refractivity contribution in [3.8, 4) is 34.1 Å². The molecule has 5 rings (SSSR count). The van der Waals surface area contributed by atoms with Gasteiger partial charge in [-0.25, -0.2) is 4.79 Å². The Morgan fingerprint density at radius 2 is 1.80 bits per heavy atom. The number of carboxylic acid groups (broad SMARTS) is 1. The second kappa shape index (κ2) is 13.6. The number of carboxylic acids is 1. The van der Waals surface area contributed by atoms with Crippen LogP contribution < -0.4 is 24.8 Å². The van der Waals surface area contributed by atoms with E-state index >= 15 is 0 Å². The van der Waals surface area contributed by atoms with Crippen molar-refractivity contribution in [1.82, 2.24) is 10.2 Å². The molecule has 1 atom stereocenters. The minimum absolute atomic E-state index is 0.179. The van der Waals surface area contributed by atoms with Crippen LogP contribution in [-0.4, -0.2) is 53.0 Å². The number of aliphatic carboxylic acids is 1. The topological polar surface area (TPSA) is 152 Å². The Morgan fingerprint density at radius 3 is 2.45 bits per heavy atom. The third-order valence-corrected chi connectivity index (χ3v) is 6.24. The number of fused-ring (bicyclic) bond motifs is 1. The van der Waals surface area contributed by atoms with Crippen molar-refractivity contribution in [2.24, 2.45) is 5.92 Å². The zero-order valence-corrected chi connectivity index (χ0v) is 23.4. The molecule has 1 aromatic heterocycles. The summed E-state index contributed by atoms with van der Waals surface area (Å²) in [6, 6.07) is 18.2. The third-order valence-electron chi connectivity index (χ3n) is 6.24. The van der Waals surface area contributed by atoms with Gasteiger partial charge in [-0.3, -0.25) is 14.7 Å². The number of carbonyl (C=O) groups excluding carboxylic acids is 2. The first kappa shape index (κ1) is 31.4. The molecule has 3 aromatic carbocycles. The summed E-state index contributed by atoms with van der Waals surface area (Å²) in [4.78, 5) is 33.7. The summed E-state index contributed by atoms with van der Waals surface area (Å²) in [6.45, 7) is 1.71. The van der Waals surface area contributed by atoms with E-state index in [4.69, 9.17) is 24.1 Å². The van der Waals surface area contributed by atoms with Crippen molar-refractivity contribution in [3.63, 3.8) is 0 Å². The van der Waals surface area contributed by atoms with Gasteiger partial charge >= 0.3 is 12.1 Å². The Kier molecular flexibility index (Phi) is 9.73. The molecular weight excluding hydrogens is 585 g/mol. The van der Waals surface area contributed by atoms with Crippen molar-refractivity contribution >= 4 is 29.2 Å². The van der Waals surface area contributed by atoms with E-state index in [9.17, 15) is 22.8 Å². The summed E-state index contributed by atoms with van der Waals surface area (Å²) in [5.74, 6) is -1.06. The lowest BCUT2D eigenvalue weighted by atomic mass is 9.95. The number of benzene rings is 3. The normalized spacial score (nSPS) is 13.7. The van der Waals surface area contributed by atoms with Gasteiger partial charge < -0.3 is 30.0 Å². The zero-order chi connectivity index (χ0) is 31.9. The average Bonchev–Trinajstić information content (AvgIpc) is 3.52. The molecule has 2 heterocycles. The molecular formula is C30H27F3N4O7. The first-order chi connectivity index (χ1) is 20.9. The van der Waals surface area contributed by atoms with Gasteiger partial charge in [-0.15, -0.1) is 0 Å². The molecule has 0 bridgehead atoms. The predicted octanol–water partition coefficient (Wildman–Crippen LogP) is 5.66. The van der Waals surface area contributed by atoms with E-state index in [0.717, 1.165) is 28.2 Å². The Balaban J connectivity index is 0.000000566. The molecule has 0 spiro atoms. The van der Waals surface area contributed by atoms with Gasteiger partial charge in [0.15, 0.2) is 5.75 Å². The third kappa shape index (κ3) is 8.27. The van der Waals surface area contributed by atoms with Crippen LogP contribution >= 0.6 is 0 Å². The quantitative estimate of drug-likeness (QED) is 0.209. The van der Waals surface area contributed by atoms with E-state index in [0.29, 0.717) is 29.3 Å². The maximum atomic E-state index is 13.3. The van der Waals surface area contributed by atoms with Crippen molar-refractivity contribution in [2.75, 3.05) is 24.4 Å². The number of ether oxygens (including phenoxy) is 3. The molecule has 14 heteroatoms. The van der Waals surface area contributed by atoms with Crippen molar-refractivity contribution in [3.05, 3.63) is 78.6 Å². The molecule has 0 aliphatic carbocycles. The first-order valence-electron chi connectivity index (χ1n) is 13.0. The number of amides is 2. The highest BCUT2D eigenvalue weighted by Crippen LogP contribution is 2.36. The lowest BCUT2D eigenvalue weighted by molar-refractivity contribution is -0.192. The summed E-state index contributed by atoms with van der Waals surface area (Å²) in [5, 5.41) is 19.7. The molecule has 2 amide bonds. The molecule has 0 fully saturated rings. The minimum atomic E-state index is -5.08. The number of nitrogens with zero attached hydrogens (tertiary/aromatic N) is 1. The molecule has 1 unspecified atom stereocenters. The number of rotatable bonds is 7. The Bertz CT molecular complexity index is 1640. The van der Waals surface area contributed by atoms with E-state index < -0.39 is 12.1 Å². The Morgan fingerprint density at radius 1 is 1.02 bits per heavy atom. The Hall–Kier alpha value is -5.53. The van der Waals surface area contributed by atoms with Crippen LogP contribution in [0.4, 0.5) is 24.5 Å². The number of aromatic nitrogens is 2. The fraction of sp³-hybridized carbons (Fsp3) is 0.200. The molecule has 0 saturated heterocycles. The number of hydrogen-bond acceptors (Lipinski definition) is 7. The molecule has 0 radical (unpaired) electrons. The number of nitrogens with one attached hydrogen (secondary N) is 3. The van der Waals surface area contributed by atoms with Gasteiger partial charge in [0, 0.05) is 30.4 Å². The van der Waals surface area contributed by atoms with E-state index in [-0.39, 0.29) is 24.3 Å². The van der Waals surface area contributed by atoms with Crippen LogP contribution in [0.2, 0.25) is 0 Å². The maximum absolute atomic E-state index is 13.3. The second-order valence-electron chi connectivity index (χ2n) is 9.49. The highest BCUT2D eigenvalue weighted by atomic mass is 19.4. The number of methoxy groups -OCH3 is 1. The van der Waals surface area contributed by atoms with Crippen molar-refractivity contribution in [2.45, 2.75) is 19.5 Å². The number of halogens is 3. The van der Waals surface area contributed by atoms with Gasteiger partial charge in [0.25, 0.3) is 0 Å². The van der Waals surface area contributed by atoms with Crippen LogP contribution in [0.15, 0.2) is 73.1 Å². The molecule has 0 saturated carbocycles. The molecule has 1 aliphatic rings. The van der Waals surface area contributed by atoms with Gasteiger partial charge in [0.05, 0.1) is 24.9 Å². The SMILES string of the molecule is COc1ccc2c(c1)CC(C(=O)Nc1ccc(-c3cn[nH]c3)cc1Oc1cccc(NC(C)=O)c1)CO2.O=C(O)C(F)(F)F. The predicted molar refractivity (Wildman–Crippen MR) is 153 cm³/mol. The number of aromatic amines is 1. The fourth-order valence-corrected chi connectivity index (χ4v) is 4.17. The highest BCUT2D eigenvalue weighted by Gasteiger charge is 2.38. The fourth-order valence-electron chi connectivity index (χ4n) is 4.17. The van der Waals surface area contributed by atoms with Crippen LogP contribution in [0.3, 0.4) is 0 Å². The number of alkyl halides is 3. The number of anilines is 2. The second-order valence-corrected chi connectivity index (χ2v) is 9.49. The zero-order valence-electron chi connectivity index (χ0n) is 23.4. The Labute approximate surface area is 249 Å². The van der Waals surface area contributed by atoms with E-state index in [2.05, 4.69) is 20.8 Å². The molecule has 44 heavy (non-hydrogen) atoms. The molecule has 4 N–H and O–H groups in total. The monoisotopic (exact) mass is 612 g/mol. The number of H-pyrrole nitrogens is 1. The smallest absolute Gasteiger partial charge is 0.490 e. The van der Waals surface area contributed by atoms with E-state index in [1.165, 1.54) is 6.92 Å². The van der Waals surface area contributed by atoms with Crippen LogP contribution in [0.1, 0.15) is 12.5 Å². The van der Waals surface area contributed by atoms with Gasteiger partial charge in [0.1, 0.15) is 23.9 Å². The van der Waals surface area contributed by atoms with Crippen LogP contribution in [0.25, 0.3) is 11.1 Å². The lowest BCUT2D eigenvalue weighted by Gasteiger charge is -2.25. The van der Waals surface area contributed by atoms with Gasteiger partial charge in [-0.2, -0.15) is 18.3 Å². The lowest BCUT2D eigenvalue weighted by Crippen LogP contribution is -2.32. The van der Waals surface area contributed by atoms with Gasteiger partial charge in [-0.1, -0.05) is 12.1 Å². The molecule has 4 aromatic rings. The van der Waals surface area contributed by atoms with Crippen LogP contribution in [0.5, 0.6) is 23.0 Å².